The molecule has 0 aliphatic carbocycles. The Kier molecular flexibility index (Phi) is 5.73. The molecule has 0 unspecified atom stereocenters. The van der Waals surface area contributed by atoms with Crippen LogP contribution in [0.1, 0.15) is 56.4 Å². The van der Waals surface area contributed by atoms with Gasteiger partial charge >= 0.3 is 0 Å². The molecule has 5 heteroatoms. The summed E-state index contributed by atoms with van der Waals surface area (Å²) >= 11 is 0. The molecule has 1 aliphatic rings. The van der Waals surface area contributed by atoms with Gasteiger partial charge in [-0.3, -0.25) is 4.79 Å². The van der Waals surface area contributed by atoms with Crippen LogP contribution in [0.3, 0.4) is 0 Å². The molecule has 0 spiro atoms. The van der Waals surface area contributed by atoms with Gasteiger partial charge in [-0.25, -0.2) is 4.68 Å². The zero-order valence-electron chi connectivity index (χ0n) is 13.9. The predicted octanol–water partition coefficient (Wildman–Crippen LogP) is 2.11. The van der Waals surface area contributed by atoms with Crippen molar-refractivity contribution in [2.75, 3.05) is 13.6 Å². The van der Waals surface area contributed by atoms with E-state index in [1.807, 2.05) is 13.8 Å². The molecule has 5 nitrogen and oxygen atoms in total. The first-order valence-electron chi connectivity index (χ1n) is 8.35. The fourth-order valence-electron chi connectivity index (χ4n) is 3.37. The summed E-state index contributed by atoms with van der Waals surface area (Å²) in [5.41, 5.74) is 1.76. The molecule has 0 aromatic carbocycles. The predicted molar refractivity (Wildman–Crippen MR) is 86.9 cm³/mol. The van der Waals surface area contributed by atoms with Crippen molar-refractivity contribution in [1.29, 1.82) is 5.26 Å². The highest BCUT2D eigenvalue weighted by Crippen LogP contribution is 2.18. The Morgan fingerprint density at radius 2 is 2.09 bits per heavy atom. The van der Waals surface area contributed by atoms with Crippen LogP contribution in [0.25, 0.3) is 0 Å². The van der Waals surface area contributed by atoms with E-state index in [0.29, 0.717) is 19.0 Å². The number of aryl methyl sites for hydroxylation is 2. The molecule has 2 heterocycles. The van der Waals surface area contributed by atoms with Crippen LogP contribution in [-0.2, 0) is 19.4 Å². The molecule has 1 aromatic rings. The lowest BCUT2D eigenvalue weighted by molar-refractivity contribution is 0.169. The fourth-order valence-corrected chi connectivity index (χ4v) is 3.37. The van der Waals surface area contributed by atoms with Crippen molar-refractivity contribution in [3.63, 3.8) is 0 Å². The van der Waals surface area contributed by atoms with Gasteiger partial charge < -0.3 is 4.90 Å². The maximum absolute atomic E-state index is 12.5. The maximum atomic E-state index is 12.5. The zero-order valence-corrected chi connectivity index (χ0v) is 13.9. The first kappa shape index (κ1) is 16.7. The van der Waals surface area contributed by atoms with Gasteiger partial charge in [0.15, 0.2) is 0 Å². The van der Waals surface area contributed by atoms with Gasteiger partial charge in [0.05, 0.1) is 5.69 Å². The lowest BCUT2D eigenvalue weighted by Crippen LogP contribution is -2.38. The summed E-state index contributed by atoms with van der Waals surface area (Å²) in [6.07, 6.45) is 6.06. The van der Waals surface area contributed by atoms with Gasteiger partial charge in [0.1, 0.15) is 11.6 Å². The maximum Gasteiger partial charge on any atom is 0.284 e. The largest absolute Gasteiger partial charge is 0.303 e. The monoisotopic (exact) mass is 302 g/mol. The van der Waals surface area contributed by atoms with Crippen molar-refractivity contribution in [3.05, 3.63) is 27.2 Å². The highest BCUT2D eigenvalue weighted by Gasteiger charge is 2.20. The van der Waals surface area contributed by atoms with Crippen LogP contribution in [0.5, 0.6) is 0 Å². The molecule has 1 fully saturated rings. The second-order valence-corrected chi connectivity index (χ2v) is 6.07. The number of likely N-dealkylation sites (tertiary alicyclic amines) is 1. The first-order chi connectivity index (χ1) is 10.6. The Bertz CT molecular complexity index is 614. The summed E-state index contributed by atoms with van der Waals surface area (Å²) in [6, 6.07) is 2.61. The highest BCUT2D eigenvalue weighted by atomic mass is 16.1. The summed E-state index contributed by atoms with van der Waals surface area (Å²) in [6.45, 7) is 5.72. The number of aromatic nitrogens is 2. The van der Waals surface area contributed by atoms with E-state index in [-0.39, 0.29) is 11.1 Å². The Morgan fingerprint density at radius 3 is 2.68 bits per heavy atom. The minimum Gasteiger partial charge on any atom is -0.303 e. The normalized spacial score (nSPS) is 19.1. The third-order valence-electron chi connectivity index (χ3n) is 4.74. The highest BCUT2D eigenvalue weighted by molar-refractivity contribution is 5.37. The fraction of sp³-hybridized carbons (Fsp3) is 0.706. The van der Waals surface area contributed by atoms with Gasteiger partial charge in [-0.2, -0.15) is 10.4 Å². The molecular formula is C17H26N4O. The third kappa shape index (κ3) is 3.38. The number of rotatable bonds is 5. The van der Waals surface area contributed by atoms with E-state index in [1.165, 1.54) is 23.9 Å². The van der Waals surface area contributed by atoms with Gasteiger partial charge in [0.25, 0.3) is 5.56 Å². The first-order valence-corrected chi connectivity index (χ1v) is 8.35. The van der Waals surface area contributed by atoms with Crippen LogP contribution in [0.2, 0.25) is 0 Å². The summed E-state index contributed by atoms with van der Waals surface area (Å²) in [7, 11) is 2.15. The van der Waals surface area contributed by atoms with E-state index in [9.17, 15) is 10.1 Å². The van der Waals surface area contributed by atoms with Gasteiger partial charge in [0.2, 0.25) is 0 Å². The summed E-state index contributed by atoms with van der Waals surface area (Å²) in [5.74, 6) is 0. The average Bonchev–Trinajstić information content (AvgIpc) is 2.54. The van der Waals surface area contributed by atoms with Crippen molar-refractivity contribution in [2.45, 2.75) is 65.0 Å². The Balaban J connectivity index is 2.24. The quantitative estimate of drug-likeness (QED) is 0.836. The molecule has 0 saturated carbocycles. The summed E-state index contributed by atoms with van der Waals surface area (Å²) < 4.78 is 1.51. The van der Waals surface area contributed by atoms with Crippen LogP contribution in [0.4, 0.5) is 0 Å². The second-order valence-electron chi connectivity index (χ2n) is 6.07. The zero-order chi connectivity index (χ0) is 16.1. The minimum atomic E-state index is -0.227. The van der Waals surface area contributed by atoms with E-state index in [0.717, 1.165) is 30.6 Å². The van der Waals surface area contributed by atoms with E-state index >= 15 is 0 Å². The van der Waals surface area contributed by atoms with Crippen LogP contribution in [0.15, 0.2) is 4.79 Å². The molecule has 1 aliphatic heterocycles. The van der Waals surface area contributed by atoms with Crippen molar-refractivity contribution in [1.82, 2.24) is 14.7 Å². The third-order valence-corrected chi connectivity index (χ3v) is 4.74. The molecule has 1 aromatic heterocycles. The van der Waals surface area contributed by atoms with E-state index in [1.54, 1.807) is 0 Å². The summed E-state index contributed by atoms with van der Waals surface area (Å²) in [5, 5.41) is 13.8. The molecule has 0 N–H and O–H groups in total. The average molecular weight is 302 g/mol. The van der Waals surface area contributed by atoms with Crippen LogP contribution in [0, 0.1) is 11.3 Å². The SMILES string of the molecule is CCc1nn(CC[C@H]2CCCCN2C)c(=O)c(C#N)c1CC. The topological polar surface area (TPSA) is 61.9 Å². The van der Waals surface area contributed by atoms with E-state index in [4.69, 9.17) is 0 Å². The van der Waals surface area contributed by atoms with Crippen LogP contribution < -0.4 is 5.56 Å². The Morgan fingerprint density at radius 1 is 1.32 bits per heavy atom. The smallest absolute Gasteiger partial charge is 0.284 e. The molecular weight excluding hydrogens is 276 g/mol. The standard InChI is InChI=1S/C17H26N4O/c1-4-14-15(12-18)17(22)21(19-16(14)5-2)11-9-13-8-6-7-10-20(13)3/h13H,4-11H2,1-3H3/t13-/m1/s1. The molecule has 2 rings (SSSR count). The van der Waals surface area contributed by atoms with Crippen molar-refractivity contribution in [2.24, 2.45) is 0 Å². The van der Waals surface area contributed by atoms with Gasteiger partial charge in [-0.1, -0.05) is 20.3 Å². The van der Waals surface area contributed by atoms with Crippen LogP contribution in [-0.4, -0.2) is 34.3 Å². The molecule has 22 heavy (non-hydrogen) atoms. The lowest BCUT2D eigenvalue weighted by Gasteiger charge is -2.32. The molecule has 0 radical (unpaired) electrons. The Hall–Kier alpha value is -1.67. The number of hydrogen-bond acceptors (Lipinski definition) is 4. The lowest BCUT2D eigenvalue weighted by atomic mass is 10.00. The van der Waals surface area contributed by atoms with Gasteiger partial charge in [0, 0.05) is 12.6 Å². The molecule has 1 atom stereocenters. The Labute approximate surface area is 132 Å². The minimum absolute atomic E-state index is 0.227. The molecule has 120 valence electrons. The van der Waals surface area contributed by atoms with Crippen molar-refractivity contribution < 1.29 is 0 Å². The second kappa shape index (κ2) is 7.55. The van der Waals surface area contributed by atoms with E-state index in [2.05, 4.69) is 23.1 Å². The number of nitriles is 1. The number of piperidine rings is 1. The molecule has 0 bridgehead atoms. The van der Waals surface area contributed by atoms with Gasteiger partial charge in [-0.15, -0.1) is 0 Å². The van der Waals surface area contributed by atoms with Crippen molar-refractivity contribution in [3.8, 4) is 6.07 Å². The number of nitrogens with zero attached hydrogens (tertiary/aromatic N) is 4. The van der Waals surface area contributed by atoms with Gasteiger partial charge in [-0.05, 0) is 51.3 Å². The van der Waals surface area contributed by atoms with Crippen molar-refractivity contribution >= 4 is 0 Å². The number of hydrogen-bond donors (Lipinski definition) is 0. The van der Waals surface area contributed by atoms with E-state index < -0.39 is 0 Å². The summed E-state index contributed by atoms with van der Waals surface area (Å²) in [4.78, 5) is 14.8. The van der Waals surface area contributed by atoms with Crippen LogP contribution >= 0.6 is 0 Å². The molecule has 0 amide bonds. The molecule has 1 saturated heterocycles.